The molecule has 0 radical (unpaired) electrons. The first-order valence-corrected chi connectivity index (χ1v) is 12.1. The highest BCUT2D eigenvalue weighted by molar-refractivity contribution is 5.79. The maximum absolute atomic E-state index is 11.6. The molecule has 0 N–H and O–H groups in total. The normalized spacial score (nSPS) is 18.9. The van der Waals surface area contributed by atoms with E-state index < -0.39 is 5.60 Å². The van der Waals surface area contributed by atoms with Gasteiger partial charge < -0.3 is 23.5 Å². The fourth-order valence-corrected chi connectivity index (χ4v) is 4.75. The van der Waals surface area contributed by atoms with Crippen LogP contribution in [0, 0.1) is 0 Å². The van der Waals surface area contributed by atoms with Gasteiger partial charge in [-0.2, -0.15) is 0 Å². The molecule has 2 aliphatic heterocycles. The molecule has 8 heteroatoms. The van der Waals surface area contributed by atoms with Crippen LogP contribution < -0.4 is 20.0 Å². The lowest BCUT2D eigenvalue weighted by molar-refractivity contribution is -0.0287. The van der Waals surface area contributed by atoms with Crippen molar-refractivity contribution in [3.05, 3.63) is 76.9 Å². The summed E-state index contributed by atoms with van der Waals surface area (Å²) in [7, 11) is 0. The van der Waals surface area contributed by atoms with E-state index in [9.17, 15) is 4.79 Å². The molecule has 0 unspecified atom stereocenters. The fourth-order valence-electron chi connectivity index (χ4n) is 4.75. The van der Waals surface area contributed by atoms with E-state index in [0.29, 0.717) is 23.6 Å². The number of hydrogen-bond donors (Lipinski definition) is 0. The van der Waals surface area contributed by atoms with Crippen molar-refractivity contribution in [3.8, 4) is 22.9 Å². The Morgan fingerprint density at radius 3 is 2.61 bits per heavy atom. The highest BCUT2D eigenvalue weighted by Crippen LogP contribution is 2.37. The number of rotatable bonds is 4. The van der Waals surface area contributed by atoms with Crippen LogP contribution in [0.3, 0.4) is 0 Å². The third-order valence-corrected chi connectivity index (χ3v) is 6.80. The van der Waals surface area contributed by atoms with Crippen molar-refractivity contribution < 1.29 is 18.6 Å². The highest BCUT2D eigenvalue weighted by atomic mass is 16.6. The number of fused-ring (bicyclic) bond motifs is 2. The molecule has 0 amide bonds. The standard InChI is InChI=1S/C28H27N3O5/c1-28(2)25(14-20-13-19-5-8-27(32)34-23(19)16-24(20)36-28)35-26-15-22(29-17-30-26)18-3-6-21(7-4-18)31-9-11-33-12-10-31/h3-8,13,15-17,25H,9-12,14H2,1-2H3/t25-/m0/s1. The first-order valence-electron chi connectivity index (χ1n) is 12.1. The van der Waals surface area contributed by atoms with Crippen LogP contribution in [0.5, 0.6) is 11.6 Å². The van der Waals surface area contributed by atoms with Gasteiger partial charge >= 0.3 is 5.63 Å². The molecule has 6 rings (SSSR count). The summed E-state index contributed by atoms with van der Waals surface area (Å²) in [5, 5.41) is 0.847. The van der Waals surface area contributed by atoms with Crippen LogP contribution >= 0.6 is 0 Å². The Bertz CT molecular complexity index is 1460. The minimum atomic E-state index is -0.624. The van der Waals surface area contributed by atoms with Crippen molar-refractivity contribution in [2.24, 2.45) is 0 Å². The van der Waals surface area contributed by atoms with Crippen LogP contribution in [0.1, 0.15) is 19.4 Å². The summed E-state index contributed by atoms with van der Waals surface area (Å²) >= 11 is 0. The van der Waals surface area contributed by atoms with E-state index in [0.717, 1.165) is 48.5 Å². The Morgan fingerprint density at radius 1 is 1.00 bits per heavy atom. The number of hydrogen-bond acceptors (Lipinski definition) is 8. The maximum Gasteiger partial charge on any atom is 0.336 e. The van der Waals surface area contributed by atoms with Crippen LogP contribution in [0.25, 0.3) is 22.2 Å². The van der Waals surface area contributed by atoms with E-state index in [1.165, 1.54) is 18.1 Å². The largest absolute Gasteiger partial charge is 0.484 e. The lowest BCUT2D eigenvalue weighted by atomic mass is 9.90. The third-order valence-electron chi connectivity index (χ3n) is 6.80. The van der Waals surface area contributed by atoms with E-state index in [1.54, 1.807) is 12.1 Å². The molecule has 8 nitrogen and oxygen atoms in total. The summed E-state index contributed by atoms with van der Waals surface area (Å²) in [6.45, 7) is 7.28. The SMILES string of the molecule is CC1(C)Oc2cc3oc(=O)ccc3cc2C[C@@H]1Oc1cc(-c2ccc(N3CCOCC3)cc2)ncn1. The zero-order valence-corrected chi connectivity index (χ0v) is 20.3. The molecule has 1 saturated heterocycles. The summed E-state index contributed by atoms with van der Waals surface area (Å²) in [5.41, 5.74) is 3.47. The number of nitrogens with zero attached hydrogens (tertiary/aromatic N) is 3. The Morgan fingerprint density at radius 2 is 1.81 bits per heavy atom. The second-order valence-corrected chi connectivity index (χ2v) is 9.66. The zero-order chi connectivity index (χ0) is 24.7. The molecule has 0 saturated carbocycles. The van der Waals surface area contributed by atoms with E-state index in [1.807, 2.05) is 26.0 Å². The van der Waals surface area contributed by atoms with E-state index >= 15 is 0 Å². The molecular formula is C28H27N3O5. The van der Waals surface area contributed by atoms with Gasteiger partial charge in [0, 0.05) is 54.3 Å². The van der Waals surface area contributed by atoms with E-state index in [2.05, 4.69) is 39.1 Å². The Labute approximate surface area is 208 Å². The van der Waals surface area contributed by atoms with E-state index in [-0.39, 0.29) is 11.7 Å². The van der Waals surface area contributed by atoms with Gasteiger partial charge in [-0.1, -0.05) is 12.1 Å². The second-order valence-electron chi connectivity index (χ2n) is 9.66. The minimum absolute atomic E-state index is 0.274. The smallest absolute Gasteiger partial charge is 0.336 e. The van der Waals surface area contributed by atoms with E-state index in [4.69, 9.17) is 18.6 Å². The summed E-state index contributed by atoms with van der Waals surface area (Å²) in [4.78, 5) is 22.8. The average Bonchev–Trinajstić information content (AvgIpc) is 2.89. The molecule has 2 aromatic heterocycles. The molecule has 0 bridgehead atoms. The predicted octanol–water partition coefficient (Wildman–Crippen LogP) is 4.25. The van der Waals surface area contributed by atoms with Crippen LogP contribution in [-0.4, -0.2) is 48.0 Å². The van der Waals surface area contributed by atoms with Gasteiger partial charge in [-0.25, -0.2) is 14.8 Å². The number of aromatic nitrogens is 2. The second kappa shape index (κ2) is 8.95. The van der Waals surface area contributed by atoms with Gasteiger partial charge in [-0.15, -0.1) is 0 Å². The Kier molecular flexibility index (Phi) is 5.60. The van der Waals surface area contributed by atoms with Crippen molar-refractivity contribution >= 4 is 16.7 Å². The molecule has 0 spiro atoms. The van der Waals surface area contributed by atoms with Crippen molar-refractivity contribution in [2.45, 2.75) is 32.0 Å². The van der Waals surface area contributed by atoms with Gasteiger partial charge in [0.1, 0.15) is 29.4 Å². The maximum atomic E-state index is 11.6. The van der Waals surface area contributed by atoms with Crippen LogP contribution in [-0.2, 0) is 11.2 Å². The summed E-state index contributed by atoms with van der Waals surface area (Å²) in [6, 6.07) is 17.2. The molecule has 2 aliphatic rings. The third kappa shape index (κ3) is 4.40. The first kappa shape index (κ1) is 22.5. The summed E-state index contributed by atoms with van der Waals surface area (Å²) < 4.78 is 23.4. The molecule has 4 aromatic rings. The quantitative estimate of drug-likeness (QED) is 0.397. The minimum Gasteiger partial charge on any atom is -0.484 e. The van der Waals surface area contributed by atoms with Crippen LogP contribution in [0.2, 0.25) is 0 Å². The van der Waals surface area contributed by atoms with Crippen molar-refractivity contribution in [2.75, 3.05) is 31.2 Å². The van der Waals surface area contributed by atoms with Gasteiger partial charge in [0.25, 0.3) is 0 Å². The fraction of sp³-hybridized carbons (Fsp3) is 0.321. The van der Waals surface area contributed by atoms with Gasteiger partial charge in [-0.05, 0) is 43.7 Å². The number of ether oxygens (including phenoxy) is 3. The molecular weight excluding hydrogens is 458 g/mol. The molecule has 184 valence electrons. The lowest BCUT2D eigenvalue weighted by Crippen LogP contribution is -2.49. The van der Waals surface area contributed by atoms with Gasteiger partial charge in [0.2, 0.25) is 5.88 Å². The number of benzene rings is 2. The average molecular weight is 486 g/mol. The topological polar surface area (TPSA) is 86.9 Å². The molecule has 36 heavy (non-hydrogen) atoms. The van der Waals surface area contributed by atoms with Crippen molar-refractivity contribution in [3.63, 3.8) is 0 Å². The van der Waals surface area contributed by atoms with Gasteiger partial charge in [0.05, 0.1) is 18.9 Å². The molecule has 2 aromatic carbocycles. The summed E-state index contributed by atoms with van der Waals surface area (Å²) in [6.07, 6.45) is 1.88. The zero-order valence-electron chi connectivity index (χ0n) is 20.3. The van der Waals surface area contributed by atoms with Crippen molar-refractivity contribution in [1.82, 2.24) is 9.97 Å². The molecule has 1 fully saturated rings. The van der Waals surface area contributed by atoms with Gasteiger partial charge in [-0.3, -0.25) is 0 Å². The predicted molar refractivity (Wildman–Crippen MR) is 136 cm³/mol. The monoisotopic (exact) mass is 485 g/mol. The Hall–Kier alpha value is -3.91. The van der Waals surface area contributed by atoms with Crippen LogP contribution in [0.15, 0.2) is 70.1 Å². The molecule has 4 heterocycles. The molecule has 0 aliphatic carbocycles. The van der Waals surface area contributed by atoms with Gasteiger partial charge in [0.15, 0.2) is 0 Å². The summed E-state index contributed by atoms with van der Waals surface area (Å²) in [5.74, 6) is 1.19. The first-order chi connectivity index (χ1) is 17.4. The van der Waals surface area contributed by atoms with Crippen LogP contribution in [0.4, 0.5) is 5.69 Å². The van der Waals surface area contributed by atoms with Crippen molar-refractivity contribution in [1.29, 1.82) is 0 Å². The highest BCUT2D eigenvalue weighted by Gasteiger charge is 2.39. The lowest BCUT2D eigenvalue weighted by Gasteiger charge is -2.39. The number of anilines is 1. The number of morpholine rings is 1. The molecule has 1 atom stereocenters. The Balaban J connectivity index is 1.23.